The molecule has 0 atom stereocenters. The summed E-state index contributed by atoms with van der Waals surface area (Å²) < 4.78 is 5.35. The Hall–Kier alpha value is -1.92. The van der Waals surface area contributed by atoms with Crippen LogP contribution in [0, 0.1) is 5.41 Å². The van der Waals surface area contributed by atoms with Crippen LogP contribution in [-0.2, 0) is 14.3 Å². The van der Waals surface area contributed by atoms with E-state index in [1.54, 1.807) is 11.0 Å². The van der Waals surface area contributed by atoms with Gasteiger partial charge in [0, 0.05) is 19.8 Å². The molecule has 1 aromatic rings. The van der Waals surface area contributed by atoms with E-state index in [9.17, 15) is 9.59 Å². The van der Waals surface area contributed by atoms with Gasteiger partial charge in [0.1, 0.15) is 6.54 Å². The number of rotatable bonds is 2. The zero-order chi connectivity index (χ0) is 14.9. The first-order chi connectivity index (χ1) is 10.2. The van der Waals surface area contributed by atoms with E-state index in [0.717, 1.165) is 5.69 Å². The zero-order valence-electron chi connectivity index (χ0n) is 11.8. The number of carbonyl (C=O) groups excluding carboxylic acids is 2. The van der Waals surface area contributed by atoms with Crippen molar-refractivity contribution in [2.75, 3.05) is 36.5 Å². The molecule has 1 fully saturated rings. The molecule has 2 amide bonds. The minimum atomic E-state index is -0.622. The number of hydrogen-bond acceptors (Lipinski definition) is 4. The molecule has 2 aliphatic heterocycles. The van der Waals surface area contributed by atoms with Crippen molar-refractivity contribution < 1.29 is 14.3 Å². The molecule has 21 heavy (non-hydrogen) atoms. The molecule has 6 nitrogen and oxygen atoms in total. The molecule has 1 aromatic carbocycles. The second-order valence-electron chi connectivity index (χ2n) is 5.55. The van der Waals surface area contributed by atoms with Crippen LogP contribution in [0.1, 0.15) is 12.8 Å². The largest absolute Gasteiger partial charge is 0.381 e. The first-order valence-electron chi connectivity index (χ1n) is 7.15. The summed E-state index contributed by atoms with van der Waals surface area (Å²) in [6.07, 6.45) is 1.20. The Morgan fingerprint density at radius 2 is 2.05 bits per heavy atom. The van der Waals surface area contributed by atoms with E-state index in [0.29, 0.717) is 31.7 Å². The second kappa shape index (κ2) is 5.46. The molecule has 0 unspecified atom stereocenters. The fraction of sp³-hybridized carbons (Fsp3) is 0.467. The summed E-state index contributed by atoms with van der Waals surface area (Å²) >= 11 is 0. The van der Waals surface area contributed by atoms with Crippen molar-refractivity contribution in [3.63, 3.8) is 0 Å². The summed E-state index contributed by atoms with van der Waals surface area (Å²) in [4.78, 5) is 26.4. The Kier molecular flexibility index (Phi) is 3.65. The molecule has 0 saturated carbocycles. The summed E-state index contributed by atoms with van der Waals surface area (Å²) in [5.41, 5.74) is 6.68. The highest BCUT2D eigenvalue weighted by atomic mass is 16.5. The highest BCUT2D eigenvalue weighted by molar-refractivity contribution is 6.11. The topological polar surface area (TPSA) is 84.7 Å². The fourth-order valence-corrected chi connectivity index (χ4v) is 2.97. The zero-order valence-corrected chi connectivity index (χ0v) is 11.8. The number of nitrogens with zero attached hydrogens (tertiary/aromatic N) is 1. The number of carbonyl (C=O) groups is 2. The van der Waals surface area contributed by atoms with E-state index in [4.69, 9.17) is 10.5 Å². The molecule has 0 radical (unpaired) electrons. The molecule has 112 valence electrons. The third-order valence-corrected chi connectivity index (χ3v) is 4.31. The molecule has 0 aliphatic carbocycles. The van der Waals surface area contributed by atoms with E-state index in [1.807, 2.05) is 18.2 Å². The van der Waals surface area contributed by atoms with Crippen LogP contribution in [0.5, 0.6) is 0 Å². The van der Waals surface area contributed by atoms with Gasteiger partial charge in [-0.1, -0.05) is 12.1 Å². The normalized spacial score (nSPS) is 20.6. The van der Waals surface area contributed by atoms with Crippen LogP contribution in [0.4, 0.5) is 11.4 Å². The maximum absolute atomic E-state index is 13.0. The number of nitrogens with one attached hydrogen (secondary N) is 1. The number of ether oxygens (including phenoxy) is 1. The lowest BCUT2D eigenvalue weighted by molar-refractivity contribution is -0.134. The lowest BCUT2D eigenvalue weighted by atomic mass is 9.78. The van der Waals surface area contributed by atoms with Gasteiger partial charge in [-0.2, -0.15) is 0 Å². The summed E-state index contributed by atoms with van der Waals surface area (Å²) in [7, 11) is 0. The van der Waals surface area contributed by atoms with Crippen LogP contribution in [0.15, 0.2) is 24.3 Å². The quantitative estimate of drug-likeness (QED) is 0.840. The Morgan fingerprint density at radius 1 is 1.33 bits per heavy atom. The molecular weight excluding hydrogens is 270 g/mol. The standard InChI is InChI=1S/C15H19N3O3/c16-10-15(5-7-21-8-6-15)14(20)18-9-13(19)17-11-3-1-2-4-12(11)18/h1-4H,5-10,16H2,(H,17,19). The van der Waals surface area contributed by atoms with E-state index >= 15 is 0 Å². The van der Waals surface area contributed by atoms with E-state index < -0.39 is 5.41 Å². The smallest absolute Gasteiger partial charge is 0.244 e. The summed E-state index contributed by atoms with van der Waals surface area (Å²) in [5, 5.41) is 2.79. The van der Waals surface area contributed by atoms with Crippen molar-refractivity contribution in [2.24, 2.45) is 11.1 Å². The third kappa shape index (κ3) is 2.41. The second-order valence-corrected chi connectivity index (χ2v) is 5.55. The average molecular weight is 289 g/mol. The van der Waals surface area contributed by atoms with Gasteiger partial charge < -0.3 is 20.7 Å². The lowest BCUT2D eigenvalue weighted by Gasteiger charge is -2.40. The van der Waals surface area contributed by atoms with Gasteiger partial charge in [-0.3, -0.25) is 9.59 Å². The molecule has 3 rings (SSSR count). The van der Waals surface area contributed by atoms with Gasteiger partial charge in [-0.15, -0.1) is 0 Å². The number of para-hydroxylation sites is 2. The molecule has 0 spiro atoms. The molecule has 6 heteroatoms. The van der Waals surface area contributed by atoms with Gasteiger partial charge in [-0.05, 0) is 25.0 Å². The number of nitrogens with two attached hydrogens (primary N) is 1. The SMILES string of the molecule is NCC1(C(=O)N2CC(=O)Nc3ccccc32)CCOCC1. The van der Waals surface area contributed by atoms with Crippen molar-refractivity contribution in [3.8, 4) is 0 Å². The summed E-state index contributed by atoms with van der Waals surface area (Å²) in [5.74, 6) is -0.253. The number of fused-ring (bicyclic) bond motifs is 1. The van der Waals surface area contributed by atoms with E-state index in [1.165, 1.54) is 0 Å². The first kappa shape index (κ1) is 14.0. The summed E-state index contributed by atoms with van der Waals surface area (Å²) in [6.45, 7) is 1.38. The molecule has 0 bridgehead atoms. The predicted octanol–water partition coefficient (Wildman–Crippen LogP) is 0.727. The van der Waals surface area contributed by atoms with Crippen molar-refractivity contribution in [2.45, 2.75) is 12.8 Å². The Labute approximate surface area is 123 Å². The highest BCUT2D eigenvalue weighted by Gasteiger charge is 2.43. The first-order valence-corrected chi connectivity index (χ1v) is 7.15. The van der Waals surface area contributed by atoms with Crippen LogP contribution < -0.4 is 16.0 Å². The lowest BCUT2D eigenvalue weighted by Crippen LogP contribution is -2.54. The maximum Gasteiger partial charge on any atom is 0.244 e. The molecule has 2 aliphatic rings. The molecular formula is C15H19N3O3. The van der Waals surface area contributed by atoms with E-state index in [2.05, 4.69) is 5.32 Å². The summed E-state index contributed by atoms with van der Waals surface area (Å²) in [6, 6.07) is 7.33. The van der Waals surface area contributed by atoms with E-state index in [-0.39, 0.29) is 24.9 Å². The van der Waals surface area contributed by atoms with Gasteiger partial charge in [-0.25, -0.2) is 0 Å². The van der Waals surface area contributed by atoms with Crippen LogP contribution in [0.2, 0.25) is 0 Å². The fourth-order valence-electron chi connectivity index (χ4n) is 2.97. The van der Waals surface area contributed by atoms with Crippen molar-refractivity contribution in [3.05, 3.63) is 24.3 Å². The third-order valence-electron chi connectivity index (χ3n) is 4.31. The minimum Gasteiger partial charge on any atom is -0.381 e. The number of amides is 2. The molecule has 0 aromatic heterocycles. The van der Waals surface area contributed by atoms with Gasteiger partial charge in [0.05, 0.1) is 16.8 Å². The number of anilines is 2. The Balaban J connectivity index is 1.95. The molecule has 3 N–H and O–H groups in total. The van der Waals surface area contributed by atoms with Gasteiger partial charge in [0.25, 0.3) is 0 Å². The van der Waals surface area contributed by atoms with Crippen molar-refractivity contribution in [1.29, 1.82) is 0 Å². The number of hydrogen-bond donors (Lipinski definition) is 2. The monoisotopic (exact) mass is 289 g/mol. The van der Waals surface area contributed by atoms with Crippen molar-refractivity contribution >= 4 is 23.2 Å². The predicted molar refractivity (Wildman–Crippen MR) is 79.0 cm³/mol. The maximum atomic E-state index is 13.0. The highest BCUT2D eigenvalue weighted by Crippen LogP contribution is 2.36. The molecule has 2 heterocycles. The van der Waals surface area contributed by atoms with Crippen molar-refractivity contribution in [1.82, 2.24) is 0 Å². The van der Waals surface area contributed by atoms with Crippen LogP contribution in [0.25, 0.3) is 0 Å². The average Bonchev–Trinajstić information content (AvgIpc) is 2.54. The Bertz CT molecular complexity index is 567. The Morgan fingerprint density at radius 3 is 2.76 bits per heavy atom. The minimum absolute atomic E-state index is 0.0401. The van der Waals surface area contributed by atoms with Gasteiger partial charge in [0.2, 0.25) is 11.8 Å². The van der Waals surface area contributed by atoms with Crippen LogP contribution in [0.3, 0.4) is 0 Å². The number of benzene rings is 1. The van der Waals surface area contributed by atoms with Gasteiger partial charge >= 0.3 is 0 Å². The van der Waals surface area contributed by atoms with Crippen LogP contribution in [-0.4, -0.2) is 38.1 Å². The van der Waals surface area contributed by atoms with Gasteiger partial charge in [0.15, 0.2) is 0 Å². The molecule has 1 saturated heterocycles. The van der Waals surface area contributed by atoms with Crippen LogP contribution >= 0.6 is 0 Å².